The fraction of sp³-hybridized carbons (Fsp3) is 0.333. The first-order chi connectivity index (χ1) is 7.31. The van der Waals surface area contributed by atoms with Crippen molar-refractivity contribution in [2.45, 2.75) is 34.1 Å². The molecule has 1 aromatic rings. The predicted octanol–water partition coefficient (Wildman–Crippen LogP) is 3.04. The second kappa shape index (κ2) is 8.05. The van der Waals surface area contributed by atoms with E-state index in [2.05, 4.69) is 44.7 Å². The molecule has 0 aliphatic carbocycles. The first-order valence-electron chi connectivity index (χ1n) is 5.69. The Morgan fingerprint density at radius 3 is 2.33 bits per heavy atom. The number of benzene rings is 1. The summed E-state index contributed by atoms with van der Waals surface area (Å²) in [6.07, 6.45) is 7.09. The van der Waals surface area contributed by atoms with Crippen LogP contribution in [0, 0.1) is 0 Å². The Hall–Kier alpha value is -1.30. The van der Waals surface area contributed by atoms with E-state index in [4.69, 9.17) is 0 Å². The van der Waals surface area contributed by atoms with Gasteiger partial charge in [-0.15, -0.1) is 0 Å². The van der Waals surface area contributed by atoms with E-state index in [9.17, 15) is 0 Å². The van der Waals surface area contributed by atoms with Crippen LogP contribution in [-0.4, -0.2) is 0 Å². The highest BCUT2D eigenvalue weighted by molar-refractivity contribution is 5.39. The lowest BCUT2D eigenvalue weighted by Gasteiger charge is -1.95. The van der Waals surface area contributed by atoms with Crippen LogP contribution < -0.4 is 10.4 Å². The standard InChI is InChI=1S/C13H16.C2H6/c1-4-7-13-9-8-11(5-2)10-12(13)6-3;1-2/h4,6-10H,1,5H2,2-3H3;1-2H3/b12-6-,13-7-;. The van der Waals surface area contributed by atoms with E-state index >= 15 is 0 Å². The average molecular weight is 202 g/mol. The molecule has 0 heteroatoms. The third-order valence-corrected chi connectivity index (χ3v) is 2.17. The van der Waals surface area contributed by atoms with Gasteiger partial charge in [0, 0.05) is 0 Å². The maximum absolute atomic E-state index is 3.70. The average Bonchev–Trinajstić information content (AvgIpc) is 2.32. The number of aryl methyl sites for hydroxylation is 1. The van der Waals surface area contributed by atoms with Crippen LogP contribution in [0.5, 0.6) is 0 Å². The fourth-order valence-corrected chi connectivity index (χ4v) is 1.37. The largest absolute Gasteiger partial charge is 0.0990 e. The first-order valence-corrected chi connectivity index (χ1v) is 5.69. The molecule has 0 spiro atoms. The molecule has 1 aromatic carbocycles. The van der Waals surface area contributed by atoms with E-state index < -0.39 is 0 Å². The van der Waals surface area contributed by atoms with Crippen molar-refractivity contribution in [2.24, 2.45) is 0 Å². The van der Waals surface area contributed by atoms with E-state index in [1.54, 1.807) is 0 Å². The zero-order valence-corrected chi connectivity index (χ0v) is 10.4. The van der Waals surface area contributed by atoms with Crippen molar-refractivity contribution in [1.82, 2.24) is 0 Å². The van der Waals surface area contributed by atoms with Gasteiger partial charge in [0.25, 0.3) is 0 Å². The second-order valence-electron chi connectivity index (χ2n) is 3.01. The Morgan fingerprint density at radius 2 is 1.87 bits per heavy atom. The molecular formula is C15H22. The third kappa shape index (κ3) is 4.16. The molecule has 0 saturated heterocycles. The normalized spacial score (nSPS) is 12.0. The molecule has 0 aliphatic rings. The summed E-state index contributed by atoms with van der Waals surface area (Å²) < 4.78 is 0. The lowest BCUT2D eigenvalue weighted by molar-refractivity contribution is 1.13. The molecule has 0 nitrogen and oxygen atoms in total. The maximum atomic E-state index is 3.70. The van der Waals surface area contributed by atoms with Gasteiger partial charge < -0.3 is 0 Å². The van der Waals surface area contributed by atoms with Gasteiger partial charge in [-0.05, 0) is 29.3 Å². The zero-order chi connectivity index (χ0) is 11.7. The molecule has 0 bridgehead atoms. The van der Waals surface area contributed by atoms with Gasteiger partial charge in [0.1, 0.15) is 0 Å². The summed E-state index contributed by atoms with van der Waals surface area (Å²) >= 11 is 0. The molecule has 0 atom stereocenters. The van der Waals surface area contributed by atoms with Crippen molar-refractivity contribution < 1.29 is 0 Å². The second-order valence-corrected chi connectivity index (χ2v) is 3.01. The Kier molecular flexibility index (Phi) is 7.35. The van der Waals surface area contributed by atoms with Crippen LogP contribution in [0.3, 0.4) is 0 Å². The molecule has 0 amide bonds. The lowest BCUT2D eigenvalue weighted by atomic mass is 10.1. The smallest absolute Gasteiger partial charge is 0.0187 e. The van der Waals surface area contributed by atoms with Gasteiger partial charge in [-0.25, -0.2) is 0 Å². The molecular weight excluding hydrogens is 180 g/mol. The summed E-state index contributed by atoms with van der Waals surface area (Å²) in [7, 11) is 0. The van der Waals surface area contributed by atoms with E-state index in [1.807, 2.05) is 26.0 Å². The highest BCUT2D eigenvalue weighted by atomic mass is 13.9. The summed E-state index contributed by atoms with van der Waals surface area (Å²) in [5, 5.41) is 2.54. The SMILES string of the molecule is C=C/C=c1/ccc(CC)c/c1=C/C.CC. The number of allylic oxidation sites excluding steroid dienone is 1. The van der Waals surface area contributed by atoms with E-state index in [0.29, 0.717) is 0 Å². The van der Waals surface area contributed by atoms with Crippen LogP contribution in [0.1, 0.15) is 33.3 Å². The number of hydrogen-bond donors (Lipinski definition) is 0. The van der Waals surface area contributed by atoms with Gasteiger partial charge in [0.05, 0.1) is 0 Å². The quantitative estimate of drug-likeness (QED) is 0.691. The summed E-state index contributed by atoms with van der Waals surface area (Å²) in [4.78, 5) is 0. The molecule has 0 heterocycles. The number of hydrogen-bond acceptors (Lipinski definition) is 0. The minimum absolute atomic E-state index is 1.09. The summed E-state index contributed by atoms with van der Waals surface area (Å²) in [6, 6.07) is 6.55. The minimum atomic E-state index is 1.09. The Labute approximate surface area is 93.7 Å². The van der Waals surface area contributed by atoms with Gasteiger partial charge >= 0.3 is 0 Å². The zero-order valence-electron chi connectivity index (χ0n) is 10.4. The van der Waals surface area contributed by atoms with Crippen LogP contribution in [0.15, 0.2) is 30.9 Å². The monoisotopic (exact) mass is 202 g/mol. The molecule has 0 aliphatic heterocycles. The van der Waals surface area contributed by atoms with Crippen molar-refractivity contribution >= 4 is 12.2 Å². The van der Waals surface area contributed by atoms with Crippen LogP contribution in [0.2, 0.25) is 0 Å². The van der Waals surface area contributed by atoms with E-state index in [1.165, 1.54) is 16.0 Å². The van der Waals surface area contributed by atoms with Crippen LogP contribution in [-0.2, 0) is 6.42 Å². The van der Waals surface area contributed by atoms with Gasteiger partial charge in [0.2, 0.25) is 0 Å². The van der Waals surface area contributed by atoms with E-state index in [0.717, 1.165) is 6.42 Å². The topological polar surface area (TPSA) is 0 Å². The van der Waals surface area contributed by atoms with Gasteiger partial charge in [0.15, 0.2) is 0 Å². The first kappa shape index (κ1) is 13.7. The van der Waals surface area contributed by atoms with Crippen LogP contribution in [0.25, 0.3) is 12.2 Å². The molecule has 15 heavy (non-hydrogen) atoms. The van der Waals surface area contributed by atoms with Gasteiger partial charge in [-0.2, -0.15) is 0 Å². The summed E-state index contributed by atoms with van der Waals surface area (Å²) in [6.45, 7) is 11.9. The van der Waals surface area contributed by atoms with Crippen LogP contribution in [0.4, 0.5) is 0 Å². The fourth-order valence-electron chi connectivity index (χ4n) is 1.37. The Bertz CT molecular complexity index is 397. The van der Waals surface area contributed by atoms with Crippen LogP contribution >= 0.6 is 0 Å². The Morgan fingerprint density at radius 1 is 1.20 bits per heavy atom. The molecule has 0 N–H and O–H groups in total. The van der Waals surface area contributed by atoms with Crippen molar-refractivity contribution in [3.05, 3.63) is 46.9 Å². The molecule has 0 fully saturated rings. The van der Waals surface area contributed by atoms with Crippen molar-refractivity contribution in [3.8, 4) is 0 Å². The summed E-state index contributed by atoms with van der Waals surface area (Å²) in [5.41, 5.74) is 1.38. The molecule has 1 rings (SSSR count). The predicted molar refractivity (Wildman–Crippen MR) is 71.2 cm³/mol. The molecule has 0 radical (unpaired) electrons. The lowest BCUT2D eigenvalue weighted by Crippen LogP contribution is -2.23. The molecule has 0 unspecified atom stereocenters. The molecule has 0 aromatic heterocycles. The van der Waals surface area contributed by atoms with Crippen molar-refractivity contribution in [2.75, 3.05) is 0 Å². The number of rotatable bonds is 2. The highest BCUT2D eigenvalue weighted by Crippen LogP contribution is 1.92. The van der Waals surface area contributed by atoms with Gasteiger partial charge in [-0.3, -0.25) is 0 Å². The van der Waals surface area contributed by atoms with Crippen molar-refractivity contribution in [1.29, 1.82) is 0 Å². The van der Waals surface area contributed by atoms with Gasteiger partial charge in [-0.1, -0.05) is 63.8 Å². The van der Waals surface area contributed by atoms with E-state index in [-0.39, 0.29) is 0 Å². The maximum Gasteiger partial charge on any atom is -0.0187 e. The molecule has 0 saturated carbocycles. The highest BCUT2D eigenvalue weighted by Gasteiger charge is 1.88. The molecule has 82 valence electrons. The summed E-state index contributed by atoms with van der Waals surface area (Å²) in [5.74, 6) is 0. The minimum Gasteiger partial charge on any atom is -0.0990 e. The Balaban J connectivity index is 0.000000921. The van der Waals surface area contributed by atoms with Crippen molar-refractivity contribution in [3.63, 3.8) is 0 Å². The third-order valence-electron chi connectivity index (χ3n) is 2.17.